The number of carbonyl (C=O) groups is 1. The summed E-state index contributed by atoms with van der Waals surface area (Å²) in [4.78, 5) is 18.6. The highest BCUT2D eigenvalue weighted by atomic mass is 16.1. The molecule has 4 nitrogen and oxygen atoms in total. The Kier molecular flexibility index (Phi) is 2.34. The fourth-order valence-corrected chi connectivity index (χ4v) is 2.05. The molecule has 88 valence electrons. The molecule has 0 bridgehead atoms. The van der Waals surface area contributed by atoms with Crippen LogP contribution in [-0.2, 0) is 0 Å². The van der Waals surface area contributed by atoms with Gasteiger partial charge in [-0.05, 0) is 24.3 Å². The van der Waals surface area contributed by atoms with Gasteiger partial charge in [-0.1, -0.05) is 12.1 Å². The van der Waals surface area contributed by atoms with Crippen molar-refractivity contribution in [2.45, 2.75) is 0 Å². The van der Waals surface area contributed by atoms with Gasteiger partial charge in [0.1, 0.15) is 0 Å². The van der Waals surface area contributed by atoms with Crippen LogP contribution in [0.15, 0.2) is 48.8 Å². The van der Waals surface area contributed by atoms with E-state index < -0.39 is 5.91 Å². The first-order chi connectivity index (χ1) is 8.75. The molecule has 0 atom stereocenters. The highest BCUT2D eigenvalue weighted by Gasteiger charge is 2.09. The highest BCUT2D eigenvalue weighted by Crippen LogP contribution is 2.25. The minimum atomic E-state index is -0.427. The lowest BCUT2D eigenvalue weighted by Gasteiger charge is -1.97. The standard InChI is InChI=1S/C14H11N3O/c15-14(18)11-3-1-2-10-8-12(17-13(10)11)9-4-6-16-7-5-9/h1-8,17H,(H2,15,18). The van der Waals surface area contributed by atoms with Crippen LogP contribution < -0.4 is 5.73 Å². The summed E-state index contributed by atoms with van der Waals surface area (Å²) in [6, 6.07) is 11.3. The third-order valence-electron chi connectivity index (χ3n) is 2.91. The molecule has 3 aromatic rings. The second kappa shape index (κ2) is 4.00. The first-order valence-electron chi connectivity index (χ1n) is 5.57. The van der Waals surface area contributed by atoms with E-state index in [1.54, 1.807) is 18.5 Å². The molecule has 2 heterocycles. The highest BCUT2D eigenvalue weighted by molar-refractivity contribution is 6.06. The maximum Gasteiger partial charge on any atom is 0.250 e. The van der Waals surface area contributed by atoms with Crippen LogP contribution in [0.2, 0.25) is 0 Å². The van der Waals surface area contributed by atoms with Gasteiger partial charge in [-0.25, -0.2) is 0 Å². The molecule has 3 rings (SSSR count). The molecule has 3 N–H and O–H groups in total. The maximum atomic E-state index is 11.4. The fraction of sp³-hybridized carbons (Fsp3) is 0. The van der Waals surface area contributed by atoms with E-state index in [9.17, 15) is 4.79 Å². The second-order valence-corrected chi connectivity index (χ2v) is 4.05. The van der Waals surface area contributed by atoms with Crippen LogP contribution in [-0.4, -0.2) is 15.9 Å². The van der Waals surface area contributed by atoms with Crippen LogP contribution in [0, 0.1) is 0 Å². The van der Waals surface area contributed by atoms with E-state index >= 15 is 0 Å². The number of rotatable bonds is 2. The molecule has 2 aromatic heterocycles. The number of para-hydroxylation sites is 1. The summed E-state index contributed by atoms with van der Waals surface area (Å²) < 4.78 is 0. The Labute approximate surface area is 103 Å². The lowest BCUT2D eigenvalue weighted by molar-refractivity contribution is 0.100. The molecule has 0 spiro atoms. The quantitative estimate of drug-likeness (QED) is 0.718. The topological polar surface area (TPSA) is 71.8 Å². The summed E-state index contributed by atoms with van der Waals surface area (Å²) in [5.74, 6) is -0.427. The first-order valence-corrected chi connectivity index (χ1v) is 5.57. The summed E-state index contributed by atoms with van der Waals surface area (Å²) in [6.07, 6.45) is 3.46. The van der Waals surface area contributed by atoms with Crippen LogP contribution in [0.1, 0.15) is 10.4 Å². The van der Waals surface area contributed by atoms with E-state index in [0.717, 1.165) is 22.2 Å². The van der Waals surface area contributed by atoms with Crippen molar-refractivity contribution in [1.29, 1.82) is 0 Å². The molecule has 0 saturated carbocycles. The van der Waals surface area contributed by atoms with Crippen molar-refractivity contribution in [2.75, 3.05) is 0 Å². The Morgan fingerprint density at radius 1 is 1.17 bits per heavy atom. The number of fused-ring (bicyclic) bond motifs is 1. The third-order valence-corrected chi connectivity index (χ3v) is 2.91. The number of aromatic nitrogens is 2. The van der Waals surface area contributed by atoms with Gasteiger partial charge < -0.3 is 10.7 Å². The lowest BCUT2D eigenvalue weighted by atomic mass is 10.1. The van der Waals surface area contributed by atoms with Crippen molar-refractivity contribution in [3.05, 3.63) is 54.4 Å². The molecule has 0 unspecified atom stereocenters. The zero-order valence-electron chi connectivity index (χ0n) is 9.55. The van der Waals surface area contributed by atoms with Crippen molar-refractivity contribution < 1.29 is 4.79 Å². The zero-order chi connectivity index (χ0) is 12.5. The van der Waals surface area contributed by atoms with E-state index in [1.807, 2.05) is 30.3 Å². The number of hydrogen-bond donors (Lipinski definition) is 2. The van der Waals surface area contributed by atoms with Crippen molar-refractivity contribution in [3.63, 3.8) is 0 Å². The Morgan fingerprint density at radius 2 is 1.94 bits per heavy atom. The van der Waals surface area contributed by atoms with Gasteiger partial charge in [-0.3, -0.25) is 9.78 Å². The van der Waals surface area contributed by atoms with Gasteiger partial charge in [0.15, 0.2) is 0 Å². The molecule has 4 heteroatoms. The molecule has 0 aliphatic carbocycles. The number of aromatic amines is 1. The van der Waals surface area contributed by atoms with Gasteiger partial charge in [0.2, 0.25) is 0 Å². The summed E-state index contributed by atoms with van der Waals surface area (Å²) in [6.45, 7) is 0. The largest absolute Gasteiger partial charge is 0.366 e. The minimum Gasteiger partial charge on any atom is -0.366 e. The second-order valence-electron chi connectivity index (χ2n) is 4.05. The van der Waals surface area contributed by atoms with Gasteiger partial charge in [0, 0.05) is 29.0 Å². The normalized spacial score (nSPS) is 10.7. The number of pyridine rings is 1. The molecule has 0 saturated heterocycles. The fourth-order valence-electron chi connectivity index (χ4n) is 2.05. The minimum absolute atomic E-state index is 0.427. The summed E-state index contributed by atoms with van der Waals surface area (Å²) >= 11 is 0. The zero-order valence-corrected chi connectivity index (χ0v) is 9.55. The van der Waals surface area contributed by atoms with Crippen LogP contribution in [0.4, 0.5) is 0 Å². The average Bonchev–Trinajstić information content (AvgIpc) is 2.83. The van der Waals surface area contributed by atoms with Crippen LogP contribution in [0.25, 0.3) is 22.2 Å². The van der Waals surface area contributed by atoms with Gasteiger partial charge >= 0.3 is 0 Å². The number of benzene rings is 1. The van der Waals surface area contributed by atoms with E-state index in [1.165, 1.54) is 0 Å². The summed E-state index contributed by atoms with van der Waals surface area (Å²) in [5, 5.41) is 0.970. The summed E-state index contributed by atoms with van der Waals surface area (Å²) in [5.41, 5.74) is 8.61. The molecule has 0 aliphatic rings. The van der Waals surface area contributed by atoms with E-state index in [4.69, 9.17) is 5.73 Å². The SMILES string of the molecule is NC(=O)c1cccc2cc(-c3ccncc3)[nH]c12. The third kappa shape index (κ3) is 1.64. The summed E-state index contributed by atoms with van der Waals surface area (Å²) in [7, 11) is 0. The number of nitrogens with two attached hydrogens (primary N) is 1. The predicted molar refractivity (Wildman–Crippen MR) is 70.0 cm³/mol. The van der Waals surface area contributed by atoms with Gasteiger partial charge in [0.25, 0.3) is 5.91 Å². The Balaban J connectivity index is 2.23. The Hall–Kier alpha value is -2.62. The Morgan fingerprint density at radius 3 is 2.67 bits per heavy atom. The predicted octanol–water partition coefficient (Wildman–Crippen LogP) is 2.33. The van der Waals surface area contributed by atoms with E-state index in [0.29, 0.717) is 5.56 Å². The van der Waals surface area contributed by atoms with Crippen LogP contribution >= 0.6 is 0 Å². The molecule has 0 aliphatic heterocycles. The van der Waals surface area contributed by atoms with Gasteiger partial charge in [-0.15, -0.1) is 0 Å². The first kappa shape index (κ1) is 10.5. The molecule has 1 amide bonds. The van der Waals surface area contributed by atoms with E-state index in [2.05, 4.69) is 9.97 Å². The number of carbonyl (C=O) groups excluding carboxylic acids is 1. The molecule has 1 aromatic carbocycles. The molecule has 0 fully saturated rings. The van der Waals surface area contributed by atoms with Crippen molar-refractivity contribution in [2.24, 2.45) is 5.73 Å². The number of primary amides is 1. The van der Waals surface area contributed by atoms with E-state index in [-0.39, 0.29) is 0 Å². The maximum absolute atomic E-state index is 11.4. The molecule has 0 radical (unpaired) electrons. The lowest BCUT2D eigenvalue weighted by Crippen LogP contribution is -2.11. The Bertz CT molecular complexity index is 716. The van der Waals surface area contributed by atoms with Crippen molar-refractivity contribution in [3.8, 4) is 11.3 Å². The number of nitrogens with one attached hydrogen (secondary N) is 1. The smallest absolute Gasteiger partial charge is 0.250 e. The number of H-pyrrole nitrogens is 1. The van der Waals surface area contributed by atoms with Crippen LogP contribution in [0.3, 0.4) is 0 Å². The number of amides is 1. The molecular formula is C14H11N3O. The van der Waals surface area contributed by atoms with Gasteiger partial charge in [0.05, 0.1) is 11.1 Å². The van der Waals surface area contributed by atoms with Crippen LogP contribution in [0.5, 0.6) is 0 Å². The van der Waals surface area contributed by atoms with Crippen molar-refractivity contribution >= 4 is 16.8 Å². The van der Waals surface area contributed by atoms with Gasteiger partial charge in [-0.2, -0.15) is 0 Å². The van der Waals surface area contributed by atoms with Crippen molar-refractivity contribution in [1.82, 2.24) is 9.97 Å². The molecule has 18 heavy (non-hydrogen) atoms. The average molecular weight is 237 g/mol. The molecular weight excluding hydrogens is 226 g/mol. The number of hydrogen-bond acceptors (Lipinski definition) is 2. The monoisotopic (exact) mass is 237 g/mol. The number of nitrogens with zero attached hydrogens (tertiary/aromatic N) is 1.